The van der Waals surface area contributed by atoms with Crippen molar-refractivity contribution in [2.75, 3.05) is 18.0 Å². The summed E-state index contributed by atoms with van der Waals surface area (Å²) in [7, 11) is 0. The van der Waals surface area contributed by atoms with E-state index in [1.54, 1.807) is 18.7 Å². The van der Waals surface area contributed by atoms with Crippen LogP contribution in [-0.2, 0) is 0 Å². The minimum Gasteiger partial charge on any atom is -0.348 e. The van der Waals surface area contributed by atoms with E-state index in [2.05, 4.69) is 24.8 Å². The summed E-state index contributed by atoms with van der Waals surface area (Å²) in [5.74, 6) is 1.33. The molecule has 0 saturated carbocycles. The molecular weight excluding hydrogens is 250 g/mol. The Morgan fingerprint density at radius 1 is 1.17 bits per heavy atom. The lowest BCUT2D eigenvalue weighted by atomic mass is 9.94. The van der Waals surface area contributed by atoms with Crippen molar-refractivity contribution >= 4 is 17.5 Å². The maximum Gasteiger partial charge on any atom is 0.225 e. The molecule has 3 rings (SSSR count). The lowest BCUT2D eigenvalue weighted by Gasteiger charge is -2.31. The molecule has 0 radical (unpaired) electrons. The number of aromatic amines is 1. The van der Waals surface area contributed by atoms with Crippen molar-refractivity contribution in [3.8, 4) is 0 Å². The summed E-state index contributed by atoms with van der Waals surface area (Å²) in [6.45, 7) is 1.93. The molecule has 0 unspecified atom stereocenters. The second-order valence-corrected chi connectivity index (χ2v) is 4.91. The predicted molar refractivity (Wildman–Crippen MR) is 69.8 cm³/mol. The number of nitrogens with zero attached hydrogens (tertiary/aromatic N) is 4. The Kier molecular flexibility index (Phi) is 3.15. The summed E-state index contributed by atoms with van der Waals surface area (Å²) in [6.07, 6.45) is 9.13. The van der Waals surface area contributed by atoms with Crippen molar-refractivity contribution in [2.45, 2.75) is 18.8 Å². The molecule has 1 aliphatic rings. The zero-order valence-corrected chi connectivity index (χ0v) is 10.6. The Morgan fingerprint density at radius 3 is 2.50 bits per heavy atom. The number of halogens is 1. The number of imidazole rings is 1. The van der Waals surface area contributed by atoms with Gasteiger partial charge in [-0.2, -0.15) is 0 Å². The van der Waals surface area contributed by atoms with Crippen LogP contribution in [0.2, 0.25) is 5.02 Å². The van der Waals surface area contributed by atoms with Gasteiger partial charge >= 0.3 is 0 Å². The van der Waals surface area contributed by atoms with Crippen LogP contribution in [0.4, 0.5) is 5.95 Å². The van der Waals surface area contributed by atoms with E-state index in [4.69, 9.17) is 11.6 Å². The lowest BCUT2D eigenvalue weighted by molar-refractivity contribution is 0.492. The van der Waals surface area contributed by atoms with Crippen LogP contribution in [-0.4, -0.2) is 33.0 Å². The first-order valence-electron chi connectivity index (χ1n) is 6.03. The first kappa shape index (κ1) is 11.5. The SMILES string of the molecule is Clc1cnc(N2CCC(c3cnc[nH]3)CC2)nc1. The molecule has 1 fully saturated rings. The summed E-state index contributed by atoms with van der Waals surface area (Å²) in [5.41, 5.74) is 1.23. The van der Waals surface area contributed by atoms with Crippen molar-refractivity contribution in [3.05, 3.63) is 35.6 Å². The maximum absolute atomic E-state index is 5.79. The summed E-state index contributed by atoms with van der Waals surface area (Å²) in [5, 5.41) is 0.575. The molecule has 0 aliphatic carbocycles. The summed E-state index contributed by atoms with van der Waals surface area (Å²) >= 11 is 5.79. The molecule has 1 saturated heterocycles. The van der Waals surface area contributed by atoms with E-state index in [9.17, 15) is 0 Å². The molecule has 6 heteroatoms. The molecule has 18 heavy (non-hydrogen) atoms. The second kappa shape index (κ2) is 4.94. The van der Waals surface area contributed by atoms with Gasteiger partial charge in [0.15, 0.2) is 0 Å². The lowest BCUT2D eigenvalue weighted by Crippen LogP contribution is -2.34. The highest BCUT2D eigenvalue weighted by atomic mass is 35.5. The second-order valence-electron chi connectivity index (χ2n) is 4.47. The third kappa shape index (κ3) is 2.31. The van der Waals surface area contributed by atoms with Gasteiger partial charge in [0.25, 0.3) is 0 Å². The quantitative estimate of drug-likeness (QED) is 0.903. The highest BCUT2D eigenvalue weighted by Crippen LogP contribution is 2.27. The molecule has 94 valence electrons. The van der Waals surface area contributed by atoms with Crippen molar-refractivity contribution in [2.24, 2.45) is 0 Å². The standard InChI is InChI=1S/C12H14ClN5/c13-10-5-15-12(16-6-10)18-3-1-9(2-4-18)11-7-14-8-17-11/h5-9H,1-4H2,(H,14,17). The van der Waals surface area contributed by atoms with Crippen molar-refractivity contribution < 1.29 is 0 Å². The number of aromatic nitrogens is 4. The number of hydrogen-bond acceptors (Lipinski definition) is 4. The number of piperidine rings is 1. The summed E-state index contributed by atoms with van der Waals surface area (Å²) in [6, 6.07) is 0. The maximum atomic E-state index is 5.79. The minimum absolute atomic E-state index is 0.566. The van der Waals surface area contributed by atoms with E-state index >= 15 is 0 Å². The molecule has 1 N–H and O–H groups in total. The molecule has 1 aliphatic heterocycles. The molecule has 0 amide bonds. The zero-order valence-electron chi connectivity index (χ0n) is 9.88. The topological polar surface area (TPSA) is 57.7 Å². The van der Waals surface area contributed by atoms with Crippen molar-refractivity contribution in [1.29, 1.82) is 0 Å². The molecule has 5 nitrogen and oxygen atoms in total. The third-order valence-electron chi connectivity index (χ3n) is 3.34. The molecule has 0 spiro atoms. The van der Waals surface area contributed by atoms with Gasteiger partial charge in [0.2, 0.25) is 5.95 Å². The van der Waals surface area contributed by atoms with E-state index < -0.39 is 0 Å². The van der Waals surface area contributed by atoms with Crippen LogP contribution in [0.5, 0.6) is 0 Å². The highest BCUT2D eigenvalue weighted by molar-refractivity contribution is 6.30. The zero-order chi connectivity index (χ0) is 12.4. The normalized spacial score (nSPS) is 17.1. The van der Waals surface area contributed by atoms with E-state index in [1.165, 1.54) is 5.69 Å². The fourth-order valence-corrected chi connectivity index (χ4v) is 2.45. The number of hydrogen-bond donors (Lipinski definition) is 1. The summed E-state index contributed by atoms with van der Waals surface area (Å²) < 4.78 is 0. The largest absolute Gasteiger partial charge is 0.348 e. The average molecular weight is 264 g/mol. The smallest absolute Gasteiger partial charge is 0.225 e. The Morgan fingerprint density at radius 2 is 1.89 bits per heavy atom. The Balaban J connectivity index is 1.65. The van der Waals surface area contributed by atoms with Gasteiger partial charge in [-0.25, -0.2) is 15.0 Å². The van der Waals surface area contributed by atoms with E-state index in [-0.39, 0.29) is 0 Å². The predicted octanol–water partition coefficient (Wildman–Crippen LogP) is 2.24. The van der Waals surface area contributed by atoms with Gasteiger partial charge in [-0.05, 0) is 12.8 Å². The number of nitrogens with one attached hydrogen (secondary N) is 1. The fraction of sp³-hybridized carbons (Fsp3) is 0.417. The van der Waals surface area contributed by atoms with E-state index in [1.807, 2.05) is 6.20 Å². The van der Waals surface area contributed by atoms with Crippen molar-refractivity contribution in [1.82, 2.24) is 19.9 Å². The molecular formula is C12H14ClN5. The van der Waals surface area contributed by atoms with Crippen LogP contribution in [0.1, 0.15) is 24.5 Å². The van der Waals surface area contributed by atoms with E-state index in [0.717, 1.165) is 31.9 Å². The Hall–Kier alpha value is -1.62. The van der Waals surface area contributed by atoms with Gasteiger partial charge in [0.05, 0.1) is 23.7 Å². The number of H-pyrrole nitrogens is 1. The van der Waals surface area contributed by atoms with Gasteiger partial charge in [0.1, 0.15) is 0 Å². The molecule has 3 heterocycles. The van der Waals surface area contributed by atoms with Crippen LogP contribution in [0.3, 0.4) is 0 Å². The average Bonchev–Trinajstić information content (AvgIpc) is 2.94. The van der Waals surface area contributed by atoms with Gasteiger partial charge in [-0.3, -0.25) is 0 Å². The Bertz CT molecular complexity index is 488. The summed E-state index contributed by atoms with van der Waals surface area (Å²) in [4.78, 5) is 18.0. The first-order valence-corrected chi connectivity index (χ1v) is 6.41. The number of rotatable bonds is 2. The third-order valence-corrected chi connectivity index (χ3v) is 3.54. The molecule has 2 aromatic heterocycles. The van der Waals surface area contributed by atoms with Crippen LogP contribution >= 0.6 is 11.6 Å². The molecule has 0 aromatic carbocycles. The van der Waals surface area contributed by atoms with Crippen LogP contribution in [0.15, 0.2) is 24.9 Å². The van der Waals surface area contributed by atoms with Gasteiger partial charge < -0.3 is 9.88 Å². The highest BCUT2D eigenvalue weighted by Gasteiger charge is 2.22. The molecule has 2 aromatic rings. The fourth-order valence-electron chi connectivity index (χ4n) is 2.35. The minimum atomic E-state index is 0.566. The van der Waals surface area contributed by atoms with Crippen molar-refractivity contribution in [3.63, 3.8) is 0 Å². The Labute approximate surface area is 110 Å². The van der Waals surface area contributed by atoms with Crippen LogP contribution in [0, 0.1) is 0 Å². The molecule has 0 atom stereocenters. The number of anilines is 1. The van der Waals surface area contributed by atoms with Gasteiger partial charge in [0, 0.05) is 30.9 Å². The van der Waals surface area contributed by atoms with Gasteiger partial charge in [-0.1, -0.05) is 11.6 Å². The van der Waals surface area contributed by atoms with Crippen LogP contribution < -0.4 is 4.90 Å². The monoisotopic (exact) mass is 263 g/mol. The van der Waals surface area contributed by atoms with Gasteiger partial charge in [-0.15, -0.1) is 0 Å². The van der Waals surface area contributed by atoms with Crippen LogP contribution in [0.25, 0.3) is 0 Å². The molecule has 0 bridgehead atoms. The van der Waals surface area contributed by atoms with E-state index in [0.29, 0.717) is 10.9 Å². The first-order chi connectivity index (χ1) is 8.83.